The van der Waals surface area contributed by atoms with Gasteiger partial charge in [-0.25, -0.2) is 4.79 Å². The van der Waals surface area contributed by atoms with Crippen LogP contribution in [0.2, 0.25) is 0 Å². The Bertz CT molecular complexity index is 807. The van der Waals surface area contributed by atoms with Crippen LogP contribution in [0.3, 0.4) is 0 Å². The van der Waals surface area contributed by atoms with Gasteiger partial charge in [-0.15, -0.1) is 0 Å². The number of nitrogens with one attached hydrogen (secondary N) is 2. The maximum absolute atomic E-state index is 11.9. The van der Waals surface area contributed by atoms with Crippen LogP contribution in [0, 0.1) is 0 Å². The Morgan fingerprint density at radius 1 is 1.06 bits per heavy atom. The molecule has 1 aromatic carbocycles. The van der Waals surface area contributed by atoms with Crippen molar-refractivity contribution in [1.82, 2.24) is 14.5 Å². The summed E-state index contributed by atoms with van der Waals surface area (Å²) in [5.74, 6) is 0. The van der Waals surface area contributed by atoms with Crippen LogP contribution < -0.4 is 11.2 Å². The molecule has 5 heteroatoms. The Labute approximate surface area is 89.3 Å². The molecule has 0 spiro atoms. The third kappa shape index (κ3) is 0.995. The summed E-state index contributed by atoms with van der Waals surface area (Å²) >= 11 is 0. The van der Waals surface area contributed by atoms with Gasteiger partial charge < -0.3 is 14.5 Å². The van der Waals surface area contributed by atoms with Crippen molar-refractivity contribution in [2.24, 2.45) is 7.05 Å². The first-order valence-electron chi connectivity index (χ1n) is 4.88. The number of pyridine rings is 1. The van der Waals surface area contributed by atoms with E-state index in [2.05, 4.69) is 9.97 Å². The van der Waals surface area contributed by atoms with E-state index in [-0.39, 0.29) is 11.2 Å². The van der Waals surface area contributed by atoms with Crippen molar-refractivity contribution in [1.29, 1.82) is 0 Å². The van der Waals surface area contributed by atoms with E-state index in [9.17, 15) is 9.59 Å². The van der Waals surface area contributed by atoms with Crippen LogP contribution in [0.5, 0.6) is 0 Å². The van der Waals surface area contributed by atoms with Gasteiger partial charge in [0.15, 0.2) is 0 Å². The van der Waals surface area contributed by atoms with Crippen molar-refractivity contribution in [3.63, 3.8) is 0 Å². The first-order valence-corrected chi connectivity index (χ1v) is 4.88. The molecule has 0 atom stereocenters. The molecule has 0 radical (unpaired) electrons. The summed E-state index contributed by atoms with van der Waals surface area (Å²) in [7, 11) is 1.69. The quantitative estimate of drug-likeness (QED) is 0.579. The molecule has 2 N–H and O–H groups in total. The fourth-order valence-corrected chi connectivity index (χ4v) is 2.00. The number of para-hydroxylation sites is 1. The van der Waals surface area contributed by atoms with Crippen LogP contribution in [0.15, 0.2) is 33.9 Å². The molecule has 3 rings (SSSR count). The molecule has 0 amide bonds. The smallest absolute Gasteiger partial charge is 0.309 e. The van der Waals surface area contributed by atoms with Gasteiger partial charge in [0.25, 0.3) is 5.56 Å². The highest BCUT2D eigenvalue weighted by Crippen LogP contribution is 2.17. The predicted octanol–water partition coefficient (Wildman–Crippen LogP) is 0.708. The minimum absolute atomic E-state index is 0.202. The Kier molecular flexibility index (Phi) is 1.60. The van der Waals surface area contributed by atoms with Crippen LogP contribution in [-0.2, 0) is 7.05 Å². The predicted molar refractivity (Wildman–Crippen MR) is 61.7 cm³/mol. The summed E-state index contributed by atoms with van der Waals surface area (Å²) < 4.78 is 1.53. The minimum Gasteiger partial charge on any atom is -0.309 e. The summed E-state index contributed by atoms with van der Waals surface area (Å²) in [4.78, 5) is 28.3. The molecular formula is C11H9N3O2. The van der Waals surface area contributed by atoms with Gasteiger partial charge in [-0.1, -0.05) is 18.2 Å². The van der Waals surface area contributed by atoms with Gasteiger partial charge in [0, 0.05) is 12.4 Å². The summed E-state index contributed by atoms with van der Waals surface area (Å²) in [6, 6.07) is 7.46. The number of hydrogen-bond donors (Lipinski definition) is 2. The Morgan fingerprint density at radius 2 is 1.75 bits per heavy atom. The third-order valence-corrected chi connectivity index (χ3v) is 2.78. The molecule has 0 aliphatic rings. The van der Waals surface area contributed by atoms with Crippen molar-refractivity contribution in [3.05, 3.63) is 45.1 Å². The third-order valence-electron chi connectivity index (χ3n) is 2.78. The largest absolute Gasteiger partial charge is 0.323 e. The summed E-state index contributed by atoms with van der Waals surface area (Å²) in [6.45, 7) is 0. The van der Waals surface area contributed by atoms with Crippen molar-refractivity contribution < 1.29 is 0 Å². The molecule has 3 aromatic rings. The second-order valence-electron chi connectivity index (χ2n) is 3.71. The summed E-state index contributed by atoms with van der Waals surface area (Å²) in [5, 5.41) is 0.859. The molecule has 0 unspecified atom stereocenters. The first-order chi connectivity index (χ1) is 7.68. The highest BCUT2D eigenvalue weighted by molar-refractivity contribution is 6.01. The number of aromatic amines is 2. The zero-order valence-corrected chi connectivity index (χ0v) is 8.57. The number of rotatable bonds is 0. The van der Waals surface area contributed by atoms with Gasteiger partial charge in [0.1, 0.15) is 5.52 Å². The van der Waals surface area contributed by atoms with E-state index in [0.717, 1.165) is 10.9 Å². The minimum atomic E-state index is -0.358. The van der Waals surface area contributed by atoms with Gasteiger partial charge >= 0.3 is 5.69 Å². The van der Waals surface area contributed by atoms with E-state index in [0.29, 0.717) is 11.0 Å². The molecule has 0 aliphatic heterocycles. The monoisotopic (exact) mass is 215 g/mol. The van der Waals surface area contributed by atoms with Gasteiger partial charge in [-0.2, -0.15) is 0 Å². The molecule has 0 saturated heterocycles. The van der Waals surface area contributed by atoms with E-state index in [1.165, 1.54) is 4.57 Å². The van der Waals surface area contributed by atoms with Crippen LogP contribution >= 0.6 is 0 Å². The maximum Gasteiger partial charge on any atom is 0.323 e. The average Bonchev–Trinajstić information content (AvgIpc) is 2.68. The summed E-state index contributed by atoms with van der Waals surface area (Å²) in [5.41, 5.74) is 1.14. The highest BCUT2D eigenvalue weighted by atomic mass is 16.1. The molecule has 16 heavy (non-hydrogen) atoms. The Balaban J connectivity index is 2.79. The number of hydrogen-bond acceptors (Lipinski definition) is 2. The molecule has 80 valence electrons. The topological polar surface area (TPSA) is 70.7 Å². The number of imidazole rings is 1. The molecule has 5 nitrogen and oxygen atoms in total. The van der Waals surface area contributed by atoms with Crippen LogP contribution in [0.1, 0.15) is 0 Å². The molecular weight excluding hydrogens is 206 g/mol. The van der Waals surface area contributed by atoms with E-state index >= 15 is 0 Å². The van der Waals surface area contributed by atoms with Crippen LogP contribution in [-0.4, -0.2) is 14.5 Å². The van der Waals surface area contributed by atoms with E-state index in [1.807, 2.05) is 24.3 Å². The standard InChI is InChI=1S/C11H9N3O2/c1-14-7-5-3-2-4-6(7)8-9(10(14)15)13-11(16)12-8/h2-5H,1H3,(H2,12,13,16). The zero-order chi connectivity index (χ0) is 11.3. The molecule has 0 fully saturated rings. The maximum atomic E-state index is 11.9. The number of benzene rings is 1. The Morgan fingerprint density at radius 3 is 2.56 bits per heavy atom. The summed E-state index contributed by atoms with van der Waals surface area (Å²) in [6.07, 6.45) is 0. The first kappa shape index (κ1) is 8.96. The van der Waals surface area contributed by atoms with Gasteiger partial charge in [-0.05, 0) is 6.07 Å². The van der Waals surface area contributed by atoms with Crippen molar-refractivity contribution >= 4 is 21.9 Å². The van der Waals surface area contributed by atoms with Crippen LogP contribution in [0.25, 0.3) is 21.9 Å². The van der Waals surface area contributed by atoms with Crippen molar-refractivity contribution in [3.8, 4) is 0 Å². The van der Waals surface area contributed by atoms with Gasteiger partial charge in [-0.3, -0.25) is 4.79 Å². The second kappa shape index (κ2) is 2.85. The molecule has 2 aromatic heterocycles. The van der Waals surface area contributed by atoms with E-state index < -0.39 is 0 Å². The molecule has 0 bridgehead atoms. The molecule has 0 aliphatic carbocycles. The van der Waals surface area contributed by atoms with E-state index in [1.54, 1.807) is 7.05 Å². The van der Waals surface area contributed by atoms with Crippen molar-refractivity contribution in [2.45, 2.75) is 0 Å². The number of aryl methyl sites for hydroxylation is 1. The molecule has 0 saturated carbocycles. The fraction of sp³-hybridized carbons (Fsp3) is 0.0909. The van der Waals surface area contributed by atoms with Crippen LogP contribution in [0.4, 0.5) is 0 Å². The lowest BCUT2D eigenvalue weighted by atomic mass is 10.2. The number of aromatic nitrogens is 3. The Hall–Kier alpha value is -2.30. The zero-order valence-electron chi connectivity index (χ0n) is 8.57. The lowest BCUT2D eigenvalue weighted by molar-refractivity contribution is 0.914. The number of nitrogens with zero attached hydrogens (tertiary/aromatic N) is 1. The fourth-order valence-electron chi connectivity index (χ4n) is 2.00. The van der Waals surface area contributed by atoms with Gasteiger partial charge in [0.2, 0.25) is 0 Å². The normalized spacial score (nSPS) is 11.3. The number of H-pyrrole nitrogens is 2. The average molecular weight is 215 g/mol. The van der Waals surface area contributed by atoms with E-state index in [4.69, 9.17) is 0 Å². The highest BCUT2D eigenvalue weighted by Gasteiger charge is 2.10. The van der Waals surface area contributed by atoms with Crippen molar-refractivity contribution in [2.75, 3.05) is 0 Å². The van der Waals surface area contributed by atoms with Gasteiger partial charge in [0.05, 0.1) is 11.0 Å². The molecule has 2 heterocycles. The number of fused-ring (bicyclic) bond motifs is 3. The lowest BCUT2D eigenvalue weighted by Gasteiger charge is -2.04. The second-order valence-corrected chi connectivity index (χ2v) is 3.71. The SMILES string of the molecule is Cn1c(=O)c2[nH]c(=O)[nH]c2c2ccccc21. The lowest BCUT2D eigenvalue weighted by Crippen LogP contribution is -2.17.